The van der Waals surface area contributed by atoms with E-state index in [0.29, 0.717) is 17.8 Å². The molecule has 0 saturated carbocycles. The van der Waals surface area contributed by atoms with E-state index < -0.39 is 5.97 Å². The highest BCUT2D eigenvalue weighted by atomic mass is 32.1. The van der Waals surface area contributed by atoms with Crippen LogP contribution < -0.4 is 10.1 Å². The van der Waals surface area contributed by atoms with Crippen LogP contribution in [0.2, 0.25) is 0 Å². The number of thiophene rings is 1. The van der Waals surface area contributed by atoms with E-state index in [-0.39, 0.29) is 10.8 Å². The molecule has 110 valence electrons. The highest BCUT2D eigenvalue weighted by molar-refractivity contribution is 7.18. The Morgan fingerprint density at radius 2 is 2.10 bits per heavy atom. The molecular formula is C15H15NO4S. The van der Waals surface area contributed by atoms with Gasteiger partial charge in [0.2, 0.25) is 5.91 Å². The number of carboxylic acid groups (broad SMARTS) is 1. The number of hydrogen-bond donors (Lipinski definition) is 2. The van der Waals surface area contributed by atoms with Crippen LogP contribution in [0.25, 0.3) is 0 Å². The summed E-state index contributed by atoms with van der Waals surface area (Å²) in [4.78, 5) is 22.8. The summed E-state index contributed by atoms with van der Waals surface area (Å²) < 4.78 is 5.13. The smallest absolute Gasteiger partial charge is 0.345 e. The Morgan fingerprint density at radius 3 is 2.76 bits per heavy atom. The molecule has 0 unspecified atom stereocenters. The third-order valence-corrected chi connectivity index (χ3v) is 3.84. The van der Waals surface area contributed by atoms with Gasteiger partial charge in [0.05, 0.1) is 12.1 Å². The molecule has 0 aliphatic heterocycles. The molecule has 0 spiro atoms. The van der Waals surface area contributed by atoms with Crippen molar-refractivity contribution in [2.75, 3.05) is 12.4 Å². The molecule has 5 nitrogen and oxygen atoms in total. The van der Waals surface area contributed by atoms with E-state index in [9.17, 15) is 9.59 Å². The van der Waals surface area contributed by atoms with Gasteiger partial charge in [0.25, 0.3) is 0 Å². The van der Waals surface area contributed by atoms with Crippen molar-refractivity contribution in [2.45, 2.75) is 12.8 Å². The maximum atomic E-state index is 11.8. The second-order valence-corrected chi connectivity index (χ2v) is 5.45. The number of amides is 1. The molecule has 0 radical (unpaired) electrons. The van der Waals surface area contributed by atoms with Gasteiger partial charge in [-0.15, -0.1) is 11.3 Å². The van der Waals surface area contributed by atoms with Gasteiger partial charge >= 0.3 is 5.97 Å². The number of aromatic carboxylic acids is 1. The molecule has 21 heavy (non-hydrogen) atoms. The first kappa shape index (κ1) is 15.1. The van der Waals surface area contributed by atoms with Gasteiger partial charge in [-0.3, -0.25) is 4.79 Å². The number of anilines is 1. The van der Waals surface area contributed by atoms with Crippen molar-refractivity contribution in [1.82, 2.24) is 0 Å². The third kappa shape index (κ3) is 4.32. The van der Waals surface area contributed by atoms with Crippen LogP contribution in [-0.4, -0.2) is 24.1 Å². The Balaban J connectivity index is 1.87. The summed E-state index contributed by atoms with van der Waals surface area (Å²) in [5, 5.41) is 12.1. The number of nitrogens with one attached hydrogen (secondary N) is 1. The second kappa shape index (κ2) is 6.90. The highest BCUT2D eigenvalue weighted by Gasteiger charge is 2.09. The summed E-state index contributed by atoms with van der Waals surface area (Å²) in [5.41, 5.74) is 1.02. The number of carboxylic acids is 1. The van der Waals surface area contributed by atoms with Gasteiger partial charge in [0, 0.05) is 6.42 Å². The Labute approximate surface area is 126 Å². The van der Waals surface area contributed by atoms with Gasteiger partial charge in [0.15, 0.2) is 0 Å². The van der Waals surface area contributed by atoms with Gasteiger partial charge in [-0.25, -0.2) is 4.79 Å². The molecule has 0 aliphatic rings. The van der Waals surface area contributed by atoms with Gasteiger partial charge < -0.3 is 15.2 Å². The number of rotatable bonds is 6. The molecule has 0 bridgehead atoms. The minimum absolute atomic E-state index is 0.142. The van der Waals surface area contributed by atoms with E-state index in [1.54, 1.807) is 13.2 Å². The van der Waals surface area contributed by atoms with E-state index in [4.69, 9.17) is 9.84 Å². The van der Waals surface area contributed by atoms with Gasteiger partial charge in [0.1, 0.15) is 10.6 Å². The molecule has 2 N–H and O–H groups in total. The van der Waals surface area contributed by atoms with Crippen molar-refractivity contribution >= 4 is 28.2 Å². The number of hydrogen-bond acceptors (Lipinski definition) is 4. The molecule has 2 aromatic rings. The minimum Gasteiger partial charge on any atom is -0.497 e. The Hall–Kier alpha value is -2.34. The number of ether oxygens (including phenoxy) is 1. The number of aryl methyl sites for hydroxylation is 1. The van der Waals surface area contributed by atoms with Crippen molar-refractivity contribution in [2.24, 2.45) is 0 Å². The van der Waals surface area contributed by atoms with E-state index in [2.05, 4.69) is 5.32 Å². The van der Waals surface area contributed by atoms with Crippen LogP contribution >= 0.6 is 11.3 Å². The first-order valence-electron chi connectivity index (χ1n) is 6.34. The summed E-state index contributed by atoms with van der Waals surface area (Å²) in [7, 11) is 1.60. The SMILES string of the molecule is COc1cccc(CCC(=O)Nc2ccc(C(=O)O)s2)c1. The molecular weight excluding hydrogens is 290 g/mol. The minimum atomic E-state index is -0.989. The molecule has 1 amide bonds. The fourth-order valence-corrected chi connectivity index (χ4v) is 2.57. The quantitative estimate of drug-likeness (QED) is 0.860. The number of carbonyl (C=O) groups is 2. The maximum absolute atomic E-state index is 11.8. The predicted molar refractivity (Wildman–Crippen MR) is 81.2 cm³/mol. The number of carbonyl (C=O) groups excluding carboxylic acids is 1. The topological polar surface area (TPSA) is 75.6 Å². The standard InChI is InChI=1S/C15H15NO4S/c1-20-11-4-2-3-10(9-11)5-7-13(17)16-14-8-6-12(21-14)15(18)19/h2-4,6,8-9H,5,7H2,1H3,(H,16,17)(H,18,19). The van der Waals surface area contributed by atoms with Crippen LogP contribution in [0.15, 0.2) is 36.4 Å². The molecule has 1 heterocycles. The molecule has 0 atom stereocenters. The van der Waals surface area contributed by atoms with Crippen LogP contribution in [0, 0.1) is 0 Å². The second-order valence-electron chi connectivity index (χ2n) is 4.37. The van der Waals surface area contributed by atoms with Crippen molar-refractivity contribution in [1.29, 1.82) is 0 Å². The van der Waals surface area contributed by atoms with Gasteiger partial charge in [-0.05, 0) is 36.2 Å². The first-order chi connectivity index (χ1) is 10.1. The lowest BCUT2D eigenvalue weighted by atomic mass is 10.1. The number of methoxy groups -OCH3 is 1. The summed E-state index contributed by atoms with van der Waals surface area (Å²) in [6.45, 7) is 0. The molecule has 1 aromatic heterocycles. The zero-order valence-corrected chi connectivity index (χ0v) is 12.3. The average Bonchev–Trinajstić information content (AvgIpc) is 2.94. The monoisotopic (exact) mass is 305 g/mol. The summed E-state index contributed by atoms with van der Waals surface area (Å²) in [6.07, 6.45) is 0.924. The van der Waals surface area contributed by atoms with Crippen molar-refractivity contribution in [3.05, 3.63) is 46.8 Å². The first-order valence-corrected chi connectivity index (χ1v) is 7.16. The zero-order chi connectivity index (χ0) is 15.2. The van der Waals surface area contributed by atoms with E-state index in [0.717, 1.165) is 22.6 Å². The normalized spacial score (nSPS) is 10.1. The maximum Gasteiger partial charge on any atom is 0.345 e. The predicted octanol–water partition coefficient (Wildman–Crippen LogP) is 3.03. The third-order valence-electron chi connectivity index (χ3n) is 2.85. The highest BCUT2D eigenvalue weighted by Crippen LogP contribution is 2.22. The molecule has 0 saturated heterocycles. The lowest BCUT2D eigenvalue weighted by Gasteiger charge is -2.05. The fraction of sp³-hybridized carbons (Fsp3) is 0.200. The van der Waals surface area contributed by atoms with Crippen molar-refractivity contribution in [3.63, 3.8) is 0 Å². The van der Waals surface area contributed by atoms with E-state index >= 15 is 0 Å². The van der Waals surface area contributed by atoms with Crippen LogP contribution in [0.4, 0.5) is 5.00 Å². The Kier molecular flexibility index (Phi) is 4.94. The molecule has 1 aromatic carbocycles. The summed E-state index contributed by atoms with van der Waals surface area (Å²) in [6, 6.07) is 10.6. The van der Waals surface area contributed by atoms with Crippen LogP contribution in [0.3, 0.4) is 0 Å². The number of benzene rings is 1. The molecule has 6 heteroatoms. The van der Waals surface area contributed by atoms with Crippen molar-refractivity contribution in [3.8, 4) is 5.75 Å². The Morgan fingerprint density at radius 1 is 1.29 bits per heavy atom. The molecule has 0 fully saturated rings. The summed E-state index contributed by atoms with van der Waals surface area (Å²) >= 11 is 1.05. The lowest BCUT2D eigenvalue weighted by Crippen LogP contribution is -2.11. The lowest BCUT2D eigenvalue weighted by molar-refractivity contribution is -0.116. The fourth-order valence-electron chi connectivity index (χ4n) is 1.81. The van der Waals surface area contributed by atoms with Crippen LogP contribution in [0.1, 0.15) is 21.7 Å². The van der Waals surface area contributed by atoms with Crippen molar-refractivity contribution < 1.29 is 19.4 Å². The van der Waals surface area contributed by atoms with Crippen LogP contribution in [0.5, 0.6) is 5.75 Å². The van der Waals surface area contributed by atoms with Gasteiger partial charge in [-0.2, -0.15) is 0 Å². The van der Waals surface area contributed by atoms with Gasteiger partial charge in [-0.1, -0.05) is 12.1 Å². The molecule has 0 aliphatic carbocycles. The van der Waals surface area contributed by atoms with Crippen LogP contribution in [-0.2, 0) is 11.2 Å². The van der Waals surface area contributed by atoms with E-state index in [1.165, 1.54) is 6.07 Å². The largest absolute Gasteiger partial charge is 0.497 e. The average molecular weight is 305 g/mol. The zero-order valence-electron chi connectivity index (χ0n) is 11.5. The summed E-state index contributed by atoms with van der Waals surface area (Å²) in [5.74, 6) is -0.370. The molecule has 2 rings (SSSR count). The van der Waals surface area contributed by atoms with E-state index in [1.807, 2.05) is 24.3 Å². The Bertz CT molecular complexity index is 651.